The van der Waals surface area contributed by atoms with Gasteiger partial charge in [0.15, 0.2) is 0 Å². The second-order valence-electron chi connectivity index (χ2n) is 14.4. The Morgan fingerprint density at radius 3 is 1.93 bits per heavy atom. The normalized spacial score (nSPS) is 13.3. The summed E-state index contributed by atoms with van der Waals surface area (Å²) in [5, 5.41) is 4.82. The Morgan fingerprint density at radius 1 is 0.455 bits per heavy atom. The summed E-state index contributed by atoms with van der Waals surface area (Å²) in [6.07, 6.45) is 8.81. The maximum Gasteiger partial charge on any atom is 0.137 e. The third-order valence-corrected chi connectivity index (χ3v) is 11.3. The fraction of sp³-hybridized carbons (Fsp3) is 0.0385. The van der Waals surface area contributed by atoms with Crippen molar-refractivity contribution in [3.63, 3.8) is 0 Å². The van der Waals surface area contributed by atoms with Crippen molar-refractivity contribution in [1.29, 1.82) is 0 Å². The molecule has 3 nitrogen and oxygen atoms in total. The molecule has 0 N–H and O–H groups in total. The topological polar surface area (TPSA) is 19.6 Å². The van der Waals surface area contributed by atoms with E-state index in [4.69, 9.17) is 4.42 Å². The number of hydrogen-bond acceptors (Lipinski definition) is 3. The second-order valence-corrected chi connectivity index (χ2v) is 14.4. The van der Waals surface area contributed by atoms with E-state index in [0.29, 0.717) is 0 Å². The van der Waals surface area contributed by atoms with Gasteiger partial charge < -0.3 is 14.2 Å². The van der Waals surface area contributed by atoms with Crippen LogP contribution in [0.15, 0.2) is 204 Å². The Balaban J connectivity index is 1.03. The molecule has 2 aliphatic rings. The third-order valence-electron chi connectivity index (χ3n) is 11.3. The maximum atomic E-state index is 6.37. The van der Waals surface area contributed by atoms with Crippen molar-refractivity contribution >= 4 is 61.1 Å². The molecule has 1 aliphatic carbocycles. The number of anilines is 5. The lowest BCUT2D eigenvalue weighted by Gasteiger charge is -2.36. The van der Waals surface area contributed by atoms with E-state index < -0.39 is 0 Å². The van der Waals surface area contributed by atoms with Gasteiger partial charge in [0.25, 0.3) is 0 Å². The number of furan rings is 1. The van der Waals surface area contributed by atoms with Gasteiger partial charge in [-0.3, -0.25) is 0 Å². The first-order valence-corrected chi connectivity index (χ1v) is 19.1. The number of allylic oxidation sites excluding steroid dienone is 4. The Hall–Kier alpha value is -7.10. The van der Waals surface area contributed by atoms with Crippen molar-refractivity contribution in [2.45, 2.75) is 12.8 Å². The Morgan fingerprint density at radius 2 is 1.11 bits per heavy atom. The molecule has 0 spiro atoms. The van der Waals surface area contributed by atoms with E-state index in [1.165, 1.54) is 61.2 Å². The van der Waals surface area contributed by atoms with Crippen LogP contribution < -0.4 is 9.80 Å². The summed E-state index contributed by atoms with van der Waals surface area (Å²) in [5.74, 6) is 0. The third kappa shape index (κ3) is 5.20. The van der Waals surface area contributed by atoms with Gasteiger partial charge in [0, 0.05) is 50.5 Å². The molecule has 9 aromatic rings. The number of nitrogens with zero attached hydrogens (tertiary/aromatic N) is 2. The smallest absolute Gasteiger partial charge is 0.137 e. The van der Waals surface area contributed by atoms with Gasteiger partial charge in [0.1, 0.15) is 11.2 Å². The Bertz CT molecular complexity index is 2970. The van der Waals surface area contributed by atoms with Gasteiger partial charge in [-0.1, -0.05) is 127 Å². The summed E-state index contributed by atoms with van der Waals surface area (Å²) in [7, 11) is 0. The molecule has 0 amide bonds. The minimum atomic E-state index is 0.876. The van der Waals surface area contributed by atoms with Crippen LogP contribution in [0.3, 0.4) is 0 Å². The van der Waals surface area contributed by atoms with Crippen molar-refractivity contribution in [3.05, 3.63) is 200 Å². The summed E-state index contributed by atoms with van der Waals surface area (Å²) >= 11 is 0. The predicted octanol–water partition coefficient (Wildman–Crippen LogP) is 14.9. The van der Waals surface area contributed by atoms with E-state index in [9.17, 15) is 0 Å². The minimum Gasteiger partial charge on any atom is -0.456 e. The van der Waals surface area contributed by atoms with Gasteiger partial charge in [0.05, 0.1) is 11.4 Å². The molecule has 1 aliphatic heterocycles. The van der Waals surface area contributed by atoms with Crippen LogP contribution in [0.1, 0.15) is 12.8 Å². The van der Waals surface area contributed by atoms with Gasteiger partial charge >= 0.3 is 0 Å². The average molecular weight is 705 g/mol. The van der Waals surface area contributed by atoms with Crippen LogP contribution in [-0.4, -0.2) is 0 Å². The van der Waals surface area contributed by atoms with E-state index in [-0.39, 0.29) is 0 Å². The van der Waals surface area contributed by atoms with Crippen molar-refractivity contribution < 1.29 is 4.42 Å². The number of hydrogen-bond donors (Lipinski definition) is 0. The van der Waals surface area contributed by atoms with Gasteiger partial charge in [-0.25, -0.2) is 0 Å². The molecule has 260 valence electrons. The average Bonchev–Trinajstić information content (AvgIpc) is 3.63. The van der Waals surface area contributed by atoms with Crippen molar-refractivity contribution in [2.24, 2.45) is 0 Å². The highest BCUT2D eigenvalue weighted by molar-refractivity contribution is 6.16. The van der Waals surface area contributed by atoms with Crippen LogP contribution in [0, 0.1) is 0 Å². The van der Waals surface area contributed by atoms with Gasteiger partial charge in [0.2, 0.25) is 0 Å². The monoisotopic (exact) mass is 704 g/mol. The molecule has 0 bridgehead atoms. The highest BCUT2D eigenvalue weighted by Crippen LogP contribution is 2.51. The highest BCUT2D eigenvalue weighted by Gasteiger charge is 2.28. The number of para-hydroxylation sites is 2. The molecule has 0 saturated heterocycles. The molecule has 3 heteroatoms. The molecule has 55 heavy (non-hydrogen) atoms. The van der Waals surface area contributed by atoms with Crippen molar-refractivity contribution in [1.82, 2.24) is 0 Å². The first kappa shape index (κ1) is 31.4. The van der Waals surface area contributed by atoms with E-state index in [1.807, 2.05) is 12.1 Å². The molecule has 0 radical (unpaired) electrons. The first-order chi connectivity index (χ1) is 27.3. The largest absolute Gasteiger partial charge is 0.456 e. The molecule has 8 aromatic carbocycles. The molecular weight excluding hydrogens is 669 g/mol. The molecule has 0 fully saturated rings. The van der Waals surface area contributed by atoms with Gasteiger partial charge in [-0.15, -0.1) is 0 Å². The van der Waals surface area contributed by atoms with Crippen LogP contribution in [-0.2, 0) is 0 Å². The van der Waals surface area contributed by atoms with Crippen LogP contribution in [0.25, 0.3) is 66.1 Å². The lowest BCUT2D eigenvalue weighted by molar-refractivity contribution is 0.669. The van der Waals surface area contributed by atoms with E-state index in [2.05, 4.69) is 192 Å². The number of rotatable bonds is 6. The Kier molecular flexibility index (Phi) is 7.31. The summed E-state index contributed by atoms with van der Waals surface area (Å²) in [6.45, 7) is 0. The lowest BCUT2D eigenvalue weighted by Crippen LogP contribution is -2.20. The SMILES string of the molecule is C1=CCCC(N2c3ccccc3-c3ccc(-c4ccc(N(c5ccc(-c6ccccc6)cc5)c5ccc6c(c5)oc5ccccc56)cc4)c4cccc2c34)=C1. The zero-order valence-electron chi connectivity index (χ0n) is 30.2. The molecule has 1 aromatic heterocycles. The van der Waals surface area contributed by atoms with Crippen LogP contribution in [0.4, 0.5) is 28.4 Å². The van der Waals surface area contributed by atoms with Crippen molar-refractivity contribution in [3.8, 4) is 33.4 Å². The highest BCUT2D eigenvalue weighted by atomic mass is 16.3. The number of benzene rings is 8. The van der Waals surface area contributed by atoms with Gasteiger partial charge in [-0.05, 0) is 107 Å². The predicted molar refractivity (Wildman–Crippen MR) is 231 cm³/mol. The lowest BCUT2D eigenvalue weighted by atomic mass is 9.87. The van der Waals surface area contributed by atoms with Crippen LogP contribution in [0.5, 0.6) is 0 Å². The summed E-state index contributed by atoms with van der Waals surface area (Å²) in [6, 6.07) is 63.5. The quantitative estimate of drug-likeness (QED) is 0.172. The standard InChI is InChI=1S/C52H36N2O/c1-3-12-35(13-4-1)36-22-26-39(27-23-36)53(41-30-31-45-44-17-8-10-21-50(44)55-51(45)34-41)40-28-24-37(25-29-40)42-32-33-47-43-16-7-9-19-48(43)54(38-14-5-2-6-15-38)49-20-11-18-46(42)52(47)49/h1-5,7-14,16-34H,6,15H2. The summed E-state index contributed by atoms with van der Waals surface area (Å²) < 4.78 is 6.37. The second kappa shape index (κ2) is 12.8. The fourth-order valence-corrected chi connectivity index (χ4v) is 8.69. The minimum absolute atomic E-state index is 0.876. The molecule has 0 unspecified atom stereocenters. The van der Waals surface area contributed by atoms with Crippen LogP contribution in [0.2, 0.25) is 0 Å². The maximum absolute atomic E-state index is 6.37. The summed E-state index contributed by atoms with van der Waals surface area (Å²) in [4.78, 5) is 4.81. The molecule has 11 rings (SSSR count). The number of fused-ring (bicyclic) bond motifs is 5. The van der Waals surface area contributed by atoms with Crippen LogP contribution >= 0.6 is 0 Å². The molecular formula is C52H36N2O. The zero-order chi connectivity index (χ0) is 36.3. The Labute approximate surface area is 320 Å². The van der Waals surface area contributed by atoms with Crippen molar-refractivity contribution in [2.75, 3.05) is 9.80 Å². The zero-order valence-corrected chi connectivity index (χ0v) is 30.2. The van der Waals surface area contributed by atoms with Gasteiger partial charge in [-0.2, -0.15) is 0 Å². The summed E-state index contributed by atoms with van der Waals surface area (Å²) in [5.41, 5.74) is 16.2. The van der Waals surface area contributed by atoms with E-state index >= 15 is 0 Å². The first-order valence-electron chi connectivity index (χ1n) is 19.1. The molecule has 0 saturated carbocycles. The van der Waals surface area contributed by atoms with E-state index in [0.717, 1.165) is 51.8 Å². The fourth-order valence-electron chi connectivity index (χ4n) is 8.69. The van der Waals surface area contributed by atoms with E-state index in [1.54, 1.807) is 0 Å². The molecule has 2 heterocycles. The molecule has 0 atom stereocenters.